The van der Waals surface area contributed by atoms with Crippen molar-refractivity contribution in [1.82, 2.24) is 5.32 Å². The summed E-state index contributed by atoms with van der Waals surface area (Å²) >= 11 is 6.05. The second-order valence-corrected chi connectivity index (χ2v) is 5.29. The van der Waals surface area contributed by atoms with Gasteiger partial charge in [-0.25, -0.2) is 0 Å². The van der Waals surface area contributed by atoms with Crippen LogP contribution in [0, 0.1) is 5.41 Å². The number of phenolic OH excluding ortho intramolecular Hbond substituents is 1. The van der Waals surface area contributed by atoms with Gasteiger partial charge in [-0.2, -0.15) is 0 Å². The maximum atomic E-state index is 9.54. The van der Waals surface area contributed by atoms with E-state index in [0.29, 0.717) is 17.0 Å². The van der Waals surface area contributed by atoms with Crippen LogP contribution in [0.25, 0.3) is 0 Å². The maximum Gasteiger partial charge on any atom is 0.134 e. The molecule has 0 saturated heterocycles. The Hall–Kier alpha value is -0.730. The lowest BCUT2D eigenvalue weighted by molar-refractivity contribution is 0.238. The molecule has 0 fully saturated rings. The highest BCUT2D eigenvalue weighted by atomic mass is 35.5. The fourth-order valence-electron chi connectivity index (χ4n) is 2.29. The average Bonchev–Trinajstić information content (AvgIpc) is 2.40. The third-order valence-electron chi connectivity index (χ3n) is 4.12. The zero-order chi connectivity index (χ0) is 13.6. The van der Waals surface area contributed by atoms with Crippen molar-refractivity contribution in [3.05, 3.63) is 28.8 Å². The van der Waals surface area contributed by atoms with Crippen LogP contribution in [0.3, 0.4) is 0 Å². The molecular weight excluding hydrogens is 246 g/mol. The molecule has 2 N–H and O–H groups in total. The van der Waals surface area contributed by atoms with Crippen LogP contribution < -0.4 is 5.32 Å². The molecule has 2 nitrogen and oxygen atoms in total. The molecule has 0 atom stereocenters. The van der Waals surface area contributed by atoms with E-state index < -0.39 is 0 Å². The summed E-state index contributed by atoms with van der Waals surface area (Å²) in [5.74, 6) is 0.156. The standard InChI is InChI=1S/C15H24ClNO/c1-4-15(5-2,6-3)11-17-10-12-8-7-9-13(18)14(12)16/h7-9,17-18H,4-6,10-11H2,1-3H3. The van der Waals surface area contributed by atoms with Gasteiger partial charge in [0.1, 0.15) is 5.75 Å². The van der Waals surface area contributed by atoms with Gasteiger partial charge in [0, 0.05) is 13.1 Å². The lowest BCUT2D eigenvalue weighted by Crippen LogP contribution is -2.32. The van der Waals surface area contributed by atoms with Crippen LogP contribution >= 0.6 is 11.6 Å². The molecule has 0 aliphatic carbocycles. The van der Waals surface area contributed by atoms with E-state index in [9.17, 15) is 5.11 Å². The Balaban J connectivity index is 2.58. The van der Waals surface area contributed by atoms with Gasteiger partial charge in [0.05, 0.1) is 5.02 Å². The average molecular weight is 270 g/mol. The van der Waals surface area contributed by atoms with Crippen molar-refractivity contribution in [2.75, 3.05) is 6.54 Å². The minimum atomic E-state index is 0.156. The first-order valence-corrected chi connectivity index (χ1v) is 7.13. The summed E-state index contributed by atoms with van der Waals surface area (Å²) in [5.41, 5.74) is 1.33. The Bertz CT molecular complexity index is 366. The Morgan fingerprint density at radius 2 is 1.78 bits per heavy atom. The molecule has 0 spiro atoms. The molecule has 0 aromatic heterocycles. The van der Waals surface area contributed by atoms with Gasteiger partial charge in [-0.3, -0.25) is 0 Å². The molecular formula is C15H24ClNO. The van der Waals surface area contributed by atoms with Crippen LogP contribution in [0.1, 0.15) is 45.6 Å². The molecule has 102 valence electrons. The van der Waals surface area contributed by atoms with Crippen molar-refractivity contribution in [3.63, 3.8) is 0 Å². The molecule has 1 aromatic carbocycles. The highest BCUT2D eigenvalue weighted by Crippen LogP contribution is 2.30. The summed E-state index contributed by atoms with van der Waals surface area (Å²) < 4.78 is 0. The third-order valence-corrected chi connectivity index (χ3v) is 4.56. The molecule has 0 amide bonds. The van der Waals surface area contributed by atoms with Crippen molar-refractivity contribution in [2.45, 2.75) is 46.6 Å². The fraction of sp³-hybridized carbons (Fsp3) is 0.600. The quantitative estimate of drug-likeness (QED) is 0.771. The lowest BCUT2D eigenvalue weighted by Gasteiger charge is -2.30. The van der Waals surface area contributed by atoms with Crippen LogP contribution in [0.4, 0.5) is 0 Å². The number of nitrogens with one attached hydrogen (secondary N) is 1. The Labute approximate surface area is 115 Å². The smallest absolute Gasteiger partial charge is 0.134 e. The highest BCUT2D eigenvalue weighted by Gasteiger charge is 2.23. The van der Waals surface area contributed by atoms with Gasteiger partial charge in [-0.05, 0) is 36.3 Å². The molecule has 0 aliphatic heterocycles. The van der Waals surface area contributed by atoms with Crippen molar-refractivity contribution >= 4 is 11.6 Å². The maximum absolute atomic E-state index is 9.54. The number of hydrogen-bond acceptors (Lipinski definition) is 2. The number of halogens is 1. The van der Waals surface area contributed by atoms with Crippen LogP contribution in [0.5, 0.6) is 5.75 Å². The van der Waals surface area contributed by atoms with E-state index in [1.807, 2.05) is 12.1 Å². The Morgan fingerprint density at radius 1 is 1.17 bits per heavy atom. The summed E-state index contributed by atoms with van der Waals surface area (Å²) in [6, 6.07) is 5.38. The van der Waals surface area contributed by atoms with E-state index in [1.54, 1.807) is 6.07 Å². The number of rotatable bonds is 7. The molecule has 0 bridgehead atoms. The Morgan fingerprint density at radius 3 is 2.33 bits per heavy atom. The van der Waals surface area contributed by atoms with E-state index in [0.717, 1.165) is 12.1 Å². The number of phenols is 1. The Kier molecular flexibility index (Phi) is 5.97. The van der Waals surface area contributed by atoms with E-state index in [1.165, 1.54) is 19.3 Å². The van der Waals surface area contributed by atoms with Crippen LogP contribution in [0.15, 0.2) is 18.2 Å². The topological polar surface area (TPSA) is 32.3 Å². The van der Waals surface area contributed by atoms with Gasteiger partial charge < -0.3 is 10.4 Å². The van der Waals surface area contributed by atoms with Crippen molar-refractivity contribution in [3.8, 4) is 5.75 Å². The molecule has 1 aromatic rings. The highest BCUT2D eigenvalue weighted by molar-refractivity contribution is 6.32. The van der Waals surface area contributed by atoms with Gasteiger partial charge in [0.2, 0.25) is 0 Å². The minimum Gasteiger partial charge on any atom is -0.506 e. The zero-order valence-corrected chi connectivity index (χ0v) is 12.3. The van der Waals surface area contributed by atoms with E-state index in [2.05, 4.69) is 26.1 Å². The summed E-state index contributed by atoms with van der Waals surface area (Å²) in [6.45, 7) is 8.43. The van der Waals surface area contributed by atoms with Gasteiger partial charge in [-0.1, -0.05) is 44.5 Å². The van der Waals surface area contributed by atoms with E-state index >= 15 is 0 Å². The number of benzene rings is 1. The summed E-state index contributed by atoms with van der Waals surface area (Å²) in [6.07, 6.45) is 3.54. The SMILES string of the molecule is CCC(CC)(CC)CNCc1cccc(O)c1Cl. The monoisotopic (exact) mass is 269 g/mol. The van der Waals surface area contributed by atoms with E-state index in [-0.39, 0.29) is 5.75 Å². The fourth-order valence-corrected chi connectivity index (χ4v) is 2.48. The van der Waals surface area contributed by atoms with Gasteiger partial charge in [-0.15, -0.1) is 0 Å². The molecule has 0 radical (unpaired) electrons. The van der Waals surface area contributed by atoms with E-state index in [4.69, 9.17) is 11.6 Å². The van der Waals surface area contributed by atoms with Crippen molar-refractivity contribution < 1.29 is 5.11 Å². The third kappa shape index (κ3) is 3.63. The molecule has 0 heterocycles. The second kappa shape index (κ2) is 7.01. The number of hydrogen-bond donors (Lipinski definition) is 2. The zero-order valence-electron chi connectivity index (χ0n) is 11.6. The minimum absolute atomic E-state index is 0.156. The van der Waals surface area contributed by atoms with Crippen LogP contribution in [-0.4, -0.2) is 11.7 Å². The lowest BCUT2D eigenvalue weighted by atomic mass is 9.80. The first-order chi connectivity index (χ1) is 8.58. The van der Waals surface area contributed by atoms with Crippen LogP contribution in [0.2, 0.25) is 5.02 Å². The summed E-state index contributed by atoms with van der Waals surface area (Å²) in [4.78, 5) is 0. The normalized spacial score (nSPS) is 11.8. The summed E-state index contributed by atoms with van der Waals surface area (Å²) in [7, 11) is 0. The predicted molar refractivity (Wildman–Crippen MR) is 78.1 cm³/mol. The predicted octanol–water partition coefficient (Wildman–Crippen LogP) is 4.35. The molecule has 0 aliphatic rings. The molecule has 0 unspecified atom stereocenters. The first-order valence-electron chi connectivity index (χ1n) is 6.75. The number of aromatic hydroxyl groups is 1. The van der Waals surface area contributed by atoms with Gasteiger partial charge >= 0.3 is 0 Å². The van der Waals surface area contributed by atoms with Crippen LogP contribution in [-0.2, 0) is 6.54 Å². The van der Waals surface area contributed by atoms with Crippen molar-refractivity contribution in [1.29, 1.82) is 0 Å². The largest absolute Gasteiger partial charge is 0.506 e. The molecule has 18 heavy (non-hydrogen) atoms. The van der Waals surface area contributed by atoms with Gasteiger partial charge in [0.15, 0.2) is 0 Å². The molecule has 3 heteroatoms. The second-order valence-electron chi connectivity index (χ2n) is 4.91. The first kappa shape index (κ1) is 15.3. The van der Waals surface area contributed by atoms with Crippen molar-refractivity contribution in [2.24, 2.45) is 5.41 Å². The van der Waals surface area contributed by atoms with Gasteiger partial charge in [0.25, 0.3) is 0 Å². The molecule has 0 saturated carbocycles. The molecule has 1 rings (SSSR count). The summed E-state index contributed by atoms with van der Waals surface area (Å²) in [5, 5.41) is 13.5.